The number of imidazole rings is 2. The van der Waals surface area contributed by atoms with Crippen LogP contribution in [0, 0.1) is 0 Å². The van der Waals surface area contributed by atoms with Gasteiger partial charge >= 0.3 is 0 Å². The zero-order valence-corrected chi connectivity index (χ0v) is 8.80. The Morgan fingerprint density at radius 3 is 2.93 bits per heavy atom. The summed E-state index contributed by atoms with van der Waals surface area (Å²) < 4.78 is 4.07. The molecule has 0 aliphatic heterocycles. The van der Waals surface area contributed by atoms with Crippen molar-refractivity contribution in [3.05, 3.63) is 36.9 Å². The molecule has 0 aliphatic rings. The van der Waals surface area contributed by atoms with Crippen molar-refractivity contribution in [3.8, 4) is 0 Å². The van der Waals surface area contributed by atoms with Crippen LogP contribution in [0.4, 0.5) is 0 Å². The highest BCUT2D eigenvalue weighted by atomic mass is 15.1. The zero-order chi connectivity index (χ0) is 10.5. The van der Waals surface area contributed by atoms with Crippen molar-refractivity contribution in [1.29, 1.82) is 0 Å². The lowest BCUT2D eigenvalue weighted by molar-refractivity contribution is 0.576. The fourth-order valence-corrected chi connectivity index (χ4v) is 1.39. The molecule has 2 rings (SSSR count). The predicted octanol–water partition coefficient (Wildman–Crippen LogP) is 0.406. The molecule has 5 nitrogen and oxygen atoms in total. The van der Waals surface area contributed by atoms with Crippen molar-refractivity contribution in [2.45, 2.75) is 13.1 Å². The van der Waals surface area contributed by atoms with Crippen LogP contribution < -0.4 is 5.32 Å². The van der Waals surface area contributed by atoms with E-state index in [0.717, 1.165) is 25.5 Å². The van der Waals surface area contributed by atoms with Crippen LogP contribution in [0.1, 0.15) is 5.82 Å². The normalized spacial score (nSPS) is 10.7. The number of aromatic nitrogens is 4. The van der Waals surface area contributed by atoms with Crippen LogP contribution in [-0.2, 0) is 20.1 Å². The van der Waals surface area contributed by atoms with E-state index in [1.54, 1.807) is 6.20 Å². The van der Waals surface area contributed by atoms with Gasteiger partial charge < -0.3 is 14.5 Å². The lowest BCUT2D eigenvalue weighted by Crippen LogP contribution is -2.20. The lowest BCUT2D eigenvalue weighted by Gasteiger charge is -2.05. The monoisotopic (exact) mass is 205 g/mol. The van der Waals surface area contributed by atoms with Crippen LogP contribution in [0.3, 0.4) is 0 Å². The Morgan fingerprint density at radius 2 is 2.27 bits per heavy atom. The average Bonchev–Trinajstić information content (AvgIpc) is 2.85. The molecule has 2 aromatic heterocycles. The van der Waals surface area contributed by atoms with Gasteiger partial charge in [0.25, 0.3) is 0 Å². The summed E-state index contributed by atoms with van der Waals surface area (Å²) >= 11 is 0. The SMILES string of the molecule is Cn1ccnc1CNCCn1ccnc1. The van der Waals surface area contributed by atoms with E-state index < -0.39 is 0 Å². The molecule has 0 saturated carbocycles. The van der Waals surface area contributed by atoms with E-state index in [0.29, 0.717) is 0 Å². The van der Waals surface area contributed by atoms with Crippen molar-refractivity contribution in [2.75, 3.05) is 6.54 Å². The molecular weight excluding hydrogens is 190 g/mol. The maximum absolute atomic E-state index is 4.23. The van der Waals surface area contributed by atoms with Crippen molar-refractivity contribution < 1.29 is 0 Å². The zero-order valence-electron chi connectivity index (χ0n) is 8.80. The third kappa shape index (κ3) is 2.66. The third-order valence-corrected chi connectivity index (χ3v) is 2.31. The Balaban J connectivity index is 1.70. The van der Waals surface area contributed by atoms with Crippen LogP contribution >= 0.6 is 0 Å². The van der Waals surface area contributed by atoms with Crippen LogP contribution in [0.2, 0.25) is 0 Å². The number of nitrogens with one attached hydrogen (secondary N) is 1. The largest absolute Gasteiger partial charge is 0.337 e. The van der Waals surface area contributed by atoms with E-state index in [1.807, 2.05) is 41.1 Å². The van der Waals surface area contributed by atoms with Gasteiger partial charge in [0.15, 0.2) is 0 Å². The number of aryl methyl sites for hydroxylation is 1. The van der Waals surface area contributed by atoms with Crippen molar-refractivity contribution in [2.24, 2.45) is 7.05 Å². The smallest absolute Gasteiger partial charge is 0.122 e. The van der Waals surface area contributed by atoms with Gasteiger partial charge in [0.05, 0.1) is 12.9 Å². The Bertz CT molecular complexity index is 390. The Kier molecular flexibility index (Phi) is 3.14. The molecule has 0 amide bonds. The van der Waals surface area contributed by atoms with Crippen molar-refractivity contribution in [1.82, 2.24) is 24.4 Å². The molecule has 0 spiro atoms. The second-order valence-corrected chi connectivity index (χ2v) is 3.43. The highest BCUT2D eigenvalue weighted by Crippen LogP contribution is 1.92. The minimum Gasteiger partial charge on any atom is -0.337 e. The maximum atomic E-state index is 4.23. The van der Waals surface area contributed by atoms with Gasteiger partial charge in [0, 0.05) is 44.9 Å². The van der Waals surface area contributed by atoms with Gasteiger partial charge in [0.1, 0.15) is 5.82 Å². The number of rotatable bonds is 5. The van der Waals surface area contributed by atoms with Crippen LogP contribution in [0.5, 0.6) is 0 Å². The van der Waals surface area contributed by atoms with Crippen LogP contribution in [0.25, 0.3) is 0 Å². The van der Waals surface area contributed by atoms with Crippen LogP contribution in [0.15, 0.2) is 31.1 Å². The van der Waals surface area contributed by atoms with E-state index >= 15 is 0 Å². The first kappa shape index (κ1) is 9.92. The second-order valence-electron chi connectivity index (χ2n) is 3.43. The first-order valence-electron chi connectivity index (χ1n) is 4.99. The number of nitrogens with zero attached hydrogens (tertiary/aromatic N) is 4. The van der Waals surface area contributed by atoms with Gasteiger partial charge in [-0.25, -0.2) is 9.97 Å². The Morgan fingerprint density at radius 1 is 1.33 bits per heavy atom. The minimum atomic E-state index is 0.804. The molecule has 1 N–H and O–H groups in total. The quantitative estimate of drug-likeness (QED) is 0.719. The first-order chi connectivity index (χ1) is 7.36. The molecule has 5 heteroatoms. The molecule has 15 heavy (non-hydrogen) atoms. The lowest BCUT2D eigenvalue weighted by atomic mass is 10.5. The van der Waals surface area contributed by atoms with E-state index in [9.17, 15) is 0 Å². The molecule has 0 aromatic carbocycles. The summed E-state index contributed by atoms with van der Waals surface area (Å²) in [5.41, 5.74) is 0. The first-order valence-corrected chi connectivity index (χ1v) is 4.99. The summed E-state index contributed by atoms with van der Waals surface area (Å²) in [6.45, 7) is 2.66. The molecule has 0 fully saturated rings. The van der Waals surface area contributed by atoms with E-state index in [4.69, 9.17) is 0 Å². The topological polar surface area (TPSA) is 47.7 Å². The Hall–Kier alpha value is -1.62. The average molecular weight is 205 g/mol. The summed E-state index contributed by atoms with van der Waals surface area (Å²) in [4.78, 5) is 8.22. The molecular formula is C10H15N5. The van der Waals surface area contributed by atoms with Gasteiger partial charge in [0.2, 0.25) is 0 Å². The van der Waals surface area contributed by atoms with Gasteiger partial charge in [-0.3, -0.25) is 0 Å². The standard InChI is InChI=1S/C10H15N5/c1-14-5-4-13-10(14)8-11-2-6-15-7-3-12-9-15/h3-5,7,9,11H,2,6,8H2,1H3. The molecule has 0 atom stereocenters. The van der Waals surface area contributed by atoms with Gasteiger partial charge in [-0.2, -0.15) is 0 Å². The van der Waals surface area contributed by atoms with E-state index in [-0.39, 0.29) is 0 Å². The molecule has 0 radical (unpaired) electrons. The molecule has 0 aliphatic carbocycles. The van der Waals surface area contributed by atoms with Crippen molar-refractivity contribution >= 4 is 0 Å². The molecule has 0 unspecified atom stereocenters. The summed E-state index contributed by atoms with van der Waals surface area (Å²) in [7, 11) is 2.00. The summed E-state index contributed by atoms with van der Waals surface area (Å²) in [6.07, 6.45) is 9.34. The highest BCUT2D eigenvalue weighted by Gasteiger charge is 1.97. The fourth-order valence-electron chi connectivity index (χ4n) is 1.39. The number of hydrogen-bond donors (Lipinski definition) is 1. The molecule has 2 aromatic rings. The molecule has 0 bridgehead atoms. The van der Waals surface area contributed by atoms with Gasteiger partial charge in [-0.15, -0.1) is 0 Å². The van der Waals surface area contributed by atoms with Gasteiger partial charge in [-0.1, -0.05) is 0 Å². The fraction of sp³-hybridized carbons (Fsp3) is 0.400. The summed E-state index contributed by atoms with van der Waals surface area (Å²) in [5, 5.41) is 3.33. The van der Waals surface area contributed by atoms with Crippen LogP contribution in [-0.4, -0.2) is 25.6 Å². The molecule has 0 saturated heterocycles. The summed E-state index contributed by atoms with van der Waals surface area (Å²) in [5.74, 6) is 1.06. The van der Waals surface area contributed by atoms with Crippen molar-refractivity contribution in [3.63, 3.8) is 0 Å². The summed E-state index contributed by atoms with van der Waals surface area (Å²) in [6, 6.07) is 0. The molecule has 80 valence electrons. The van der Waals surface area contributed by atoms with E-state index in [2.05, 4.69) is 15.3 Å². The minimum absolute atomic E-state index is 0.804. The maximum Gasteiger partial charge on any atom is 0.122 e. The highest BCUT2D eigenvalue weighted by molar-refractivity contribution is 4.90. The van der Waals surface area contributed by atoms with E-state index in [1.165, 1.54) is 0 Å². The third-order valence-electron chi connectivity index (χ3n) is 2.31. The second kappa shape index (κ2) is 4.75. The number of hydrogen-bond acceptors (Lipinski definition) is 3. The molecule has 2 heterocycles. The Labute approximate surface area is 88.8 Å². The van der Waals surface area contributed by atoms with Gasteiger partial charge in [-0.05, 0) is 0 Å². The predicted molar refractivity (Wildman–Crippen MR) is 57.1 cm³/mol.